The summed E-state index contributed by atoms with van der Waals surface area (Å²) in [6.45, 7) is 0.272. The summed E-state index contributed by atoms with van der Waals surface area (Å²) in [5.74, 6) is 1.69. The highest BCUT2D eigenvalue weighted by Gasteiger charge is 2.28. The summed E-state index contributed by atoms with van der Waals surface area (Å²) < 4.78 is 15.7. The van der Waals surface area contributed by atoms with Crippen molar-refractivity contribution in [3.63, 3.8) is 0 Å². The molecule has 2 aromatic carbocycles. The molecular weight excluding hydrogens is 396 g/mol. The highest BCUT2D eigenvalue weighted by molar-refractivity contribution is 5.48. The van der Waals surface area contributed by atoms with Crippen LogP contribution in [0.5, 0.6) is 11.6 Å². The lowest BCUT2D eigenvalue weighted by atomic mass is 10.0. The van der Waals surface area contributed by atoms with Crippen LogP contribution in [0.1, 0.15) is 29.9 Å². The van der Waals surface area contributed by atoms with E-state index in [0.717, 1.165) is 29.8 Å². The van der Waals surface area contributed by atoms with E-state index in [2.05, 4.69) is 21.6 Å². The second-order valence-corrected chi connectivity index (χ2v) is 7.48. The van der Waals surface area contributed by atoms with Gasteiger partial charge in [-0.05, 0) is 52.9 Å². The van der Waals surface area contributed by atoms with Gasteiger partial charge in [0.1, 0.15) is 18.0 Å². The van der Waals surface area contributed by atoms with Crippen LogP contribution in [0.2, 0.25) is 0 Å². The molecule has 2 aromatic heterocycles. The molecule has 0 bridgehead atoms. The van der Waals surface area contributed by atoms with Crippen LogP contribution in [0.25, 0.3) is 11.4 Å². The molecule has 0 spiro atoms. The number of aryl methyl sites for hydroxylation is 1. The maximum Gasteiger partial charge on any atom is 0.368 e. The van der Waals surface area contributed by atoms with Gasteiger partial charge in [-0.15, -0.1) is 5.10 Å². The van der Waals surface area contributed by atoms with Crippen molar-refractivity contribution in [1.29, 1.82) is 0 Å². The van der Waals surface area contributed by atoms with Gasteiger partial charge in [0, 0.05) is 24.9 Å². The monoisotopic (exact) mass is 418 g/mol. The summed E-state index contributed by atoms with van der Waals surface area (Å²) in [5.41, 5.74) is 3.32. The first-order valence-corrected chi connectivity index (χ1v) is 10.1. The van der Waals surface area contributed by atoms with E-state index < -0.39 is 0 Å². The van der Waals surface area contributed by atoms with Gasteiger partial charge in [-0.3, -0.25) is 0 Å². The van der Waals surface area contributed by atoms with Crippen molar-refractivity contribution in [3.05, 3.63) is 76.3 Å². The zero-order valence-electron chi connectivity index (χ0n) is 17.3. The van der Waals surface area contributed by atoms with Crippen molar-refractivity contribution in [2.24, 2.45) is 7.05 Å². The highest BCUT2D eigenvalue weighted by Crippen LogP contribution is 2.43. The van der Waals surface area contributed by atoms with Crippen molar-refractivity contribution < 1.29 is 9.47 Å². The molecule has 9 nitrogen and oxygen atoms in total. The third kappa shape index (κ3) is 3.58. The summed E-state index contributed by atoms with van der Waals surface area (Å²) in [7, 11) is 3.21. The molecule has 1 aliphatic rings. The molecule has 0 aliphatic heterocycles. The van der Waals surface area contributed by atoms with E-state index in [4.69, 9.17) is 9.47 Å². The number of hydrogen-bond donors (Lipinski definition) is 0. The first-order chi connectivity index (χ1) is 15.2. The Kier molecular flexibility index (Phi) is 4.78. The molecule has 0 radical (unpaired) electrons. The van der Waals surface area contributed by atoms with Gasteiger partial charge < -0.3 is 9.47 Å². The molecule has 0 atom stereocenters. The molecule has 0 N–H and O–H groups in total. The van der Waals surface area contributed by atoms with Crippen LogP contribution in [-0.2, 0) is 13.7 Å². The molecule has 9 heteroatoms. The van der Waals surface area contributed by atoms with Crippen LogP contribution < -0.4 is 15.2 Å². The number of rotatable bonds is 7. The maximum atomic E-state index is 12.4. The van der Waals surface area contributed by atoms with E-state index in [1.807, 2.05) is 42.6 Å². The van der Waals surface area contributed by atoms with Crippen LogP contribution in [-0.4, -0.2) is 36.7 Å². The molecule has 158 valence electrons. The van der Waals surface area contributed by atoms with Crippen LogP contribution in [0.15, 0.2) is 59.5 Å². The lowest BCUT2D eigenvalue weighted by Gasteiger charge is -2.14. The molecule has 5 rings (SSSR count). The average Bonchev–Trinajstić information content (AvgIpc) is 3.45. The Labute approximate surface area is 178 Å². The van der Waals surface area contributed by atoms with E-state index >= 15 is 0 Å². The van der Waals surface area contributed by atoms with E-state index in [1.165, 1.54) is 14.9 Å². The lowest BCUT2D eigenvalue weighted by molar-refractivity contribution is 0.290. The van der Waals surface area contributed by atoms with Crippen molar-refractivity contribution in [2.75, 3.05) is 7.11 Å². The van der Waals surface area contributed by atoms with Crippen LogP contribution >= 0.6 is 0 Å². The Morgan fingerprint density at radius 3 is 2.58 bits per heavy atom. The van der Waals surface area contributed by atoms with Crippen molar-refractivity contribution in [2.45, 2.75) is 25.4 Å². The SMILES string of the molecule is COc1ccccc1-n1ccc(OCc2c(C3CC3)cccc2-n2nnn(C)c2=O)n1. The lowest BCUT2D eigenvalue weighted by Crippen LogP contribution is -2.23. The Morgan fingerprint density at radius 1 is 1.03 bits per heavy atom. The molecule has 4 aromatic rings. The quantitative estimate of drug-likeness (QED) is 0.458. The second kappa shape index (κ2) is 7.75. The Balaban J connectivity index is 1.45. The highest BCUT2D eigenvalue weighted by atomic mass is 16.5. The third-order valence-corrected chi connectivity index (χ3v) is 5.42. The summed E-state index contributed by atoms with van der Waals surface area (Å²) in [4.78, 5) is 12.4. The van der Waals surface area contributed by atoms with Gasteiger partial charge in [0.15, 0.2) is 0 Å². The number of benzene rings is 2. The molecule has 2 heterocycles. The molecule has 1 fully saturated rings. The van der Waals surface area contributed by atoms with E-state index in [1.54, 1.807) is 24.9 Å². The maximum absolute atomic E-state index is 12.4. The standard InChI is InChI=1S/C22H22N6O3/c1-26-22(29)28(25-24-26)18-8-5-6-16(15-10-11-15)17(18)14-31-21-12-13-27(23-21)19-7-3-4-9-20(19)30-2/h3-9,12-13,15H,10-11,14H2,1-2H3. The van der Waals surface area contributed by atoms with Gasteiger partial charge in [-0.25, -0.2) is 9.48 Å². The number of aromatic nitrogens is 6. The predicted octanol–water partition coefficient (Wildman–Crippen LogP) is 2.62. The molecule has 31 heavy (non-hydrogen) atoms. The summed E-state index contributed by atoms with van der Waals surface area (Å²) in [6, 6.07) is 15.4. The average molecular weight is 418 g/mol. The summed E-state index contributed by atoms with van der Waals surface area (Å²) >= 11 is 0. The topological polar surface area (TPSA) is 89.0 Å². The minimum absolute atomic E-state index is 0.272. The van der Waals surface area contributed by atoms with E-state index in [9.17, 15) is 4.79 Å². The molecular formula is C22H22N6O3. The number of methoxy groups -OCH3 is 1. The fourth-order valence-electron chi connectivity index (χ4n) is 3.67. The van der Waals surface area contributed by atoms with E-state index in [-0.39, 0.29) is 12.3 Å². The molecule has 1 saturated carbocycles. The number of nitrogens with zero attached hydrogens (tertiary/aromatic N) is 6. The van der Waals surface area contributed by atoms with Gasteiger partial charge in [0.05, 0.1) is 12.8 Å². The van der Waals surface area contributed by atoms with Gasteiger partial charge >= 0.3 is 5.69 Å². The van der Waals surface area contributed by atoms with Gasteiger partial charge in [0.25, 0.3) is 0 Å². The van der Waals surface area contributed by atoms with Crippen molar-refractivity contribution >= 4 is 0 Å². The molecule has 0 unspecified atom stereocenters. The Hall–Kier alpha value is -3.88. The number of tetrazole rings is 1. The normalized spacial score (nSPS) is 13.4. The van der Waals surface area contributed by atoms with Crippen LogP contribution in [0, 0.1) is 0 Å². The number of hydrogen-bond acceptors (Lipinski definition) is 6. The minimum atomic E-state index is -0.297. The zero-order chi connectivity index (χ0) is 21.4. The summed E-state index contributed by atoms with van der Waals surface area (Å²) in [5, 5.41) is 12.4. The Bertz CT molecular complexity index is 1280. The molecule has 0 saturated heterocycles. The first-order valence-electron chi connectivity index (χ1n) is 10.1. The largest absolute Gasteiger partial charge is 0.494 e. The first kappa shape index (κ1) is 19.1. The minimum Gasteiger partial charge on any atom is -0.494 e. The van der Waals surface area contributed by atoms with Crippen LogP contribution in [0.4, 0.5) is 0 Å². The predicted molar refractivity (Wildman–Crippen MR) is 113 cm³/mol. The smallest absolute Gasteiger partial charge is 0.368 e. The van der Waals surface area contributed by atoms with Gasteiger partial charge in [-0.2, -0.15) is 9.36 Å². The number of para-hydroxylation sites is 2. The molecule has 0 amide bonds. The third-order valence-electron chi connectivity index (χ3n) is 5.42. The zero-order valence-corrected chi connectivity index (χ0v) is 17.3. The second-order valence-electron chi connectivity index (χ2n) is 7.48. The van der Waals surface area contributed by atoms with Gasteiger partial charge in [-0.1, -0.05) is 24.3 Å². The van der Waals surface area contributed by atoms with Crippen molar-refractivity contribution in [3.8, 4) is 23.0 Å². The molecule has 1 aliphatic carbocycles. The van der Waals surface area contributed by atoms with Gasteiger partial charge in [0.2, 0.25) is 5.88 Å². The van der Waals surface area contributed by atoms with E-state index in [0.29, 0.717) is 17.5 Å². The fourth-order valence-corrected chi connectivity index (χ4v) is 3.67. The fraction of sp³-hybridized carbons (Fsp3) is 0.273. The number of ether oxygens (including phenoxy) is 2. The Morgan fingerprint density at radius 2 is 1.84 bits per heavy atom. The van der Waals surface area contributed by atoms with Crippen molar-refractivity contribution in [1.82, 2.24) is 29.6 Å². The van der Waals surface area contributed by atoms with Crippen LogP contribution in [0.3, 0.4) is 0 Å². The summed E-state index contributed by atoms with van der Waals surface area (Å²) in [6.07, 6.45) is 4.09.